The topological polar surface area (TPSA) is 85.4 Å². The number of nitrogens with zero attached hydrogens (tertiary/aromatic N) is 2. The van der Waals surface area contributed by atoms with Crippen LogP contribution in [0.15, 0.2) is 22.5 Å². The molecule has 0 bridgehead atoms. The summed E-state index contributed by atoms with van der Waals surface area (Å²) in [7, 11) is 0. The fraction of sp³-hybridized carbons (Fsp3) is 0.526. The molecule has 2 heterocycles. The number of ether oxygens (including phenoxy) is 2. The fourth-order valence-corrected chi connectivity index (χ4v) is 4.47. The van der Waals surface area contributed by atoms with Gasteiger partial charge in [0.25, 0.3) is 0 Å². The van der Waals surface area contributed by atoms with Crippen molar-refractivity contribution in [1.29, 1.82) is 0 Å². The molecular weight excluding hydrogens is 396 g/mol. The van der Waals surface area contributed by atoms with Crippen molar-refractivity contribution in [2.45, 2.75) is 37.6 Å². The van der Waals surface area contributed by atoms with Crippen molar-refractivity contribution in [1.82, 2.24) is 15.5 Å². The SMILES string of the molecule is CCNc1nnc(SCC(=O)N[C@H](c2ccc3c(c2)OCCCO3)C(C)C)s1. The van der Waals surface area contributed by atoms with Crippen molar-refractivity contribution in [3.8, 4) is 11.5 Å². The van der Waals surface area contributed by atoms with Crippen LogP contribution in [0.4, 0.5) is 5.13 Å². The quantitative estimate of drug-likeness (QED) is 0.627. The molecule has 1 aromatic carbocycles. The molecule has 1 aliphatic heterocycles. The third-order valence-electron chi connectivity index (χ3n) is 4.18. The Balaban J connectivity index is 1.62. The van der Waals surface area contributed by atoms with Gasteiger partial charge in [-0.3, -0.25) is 4.79 Å². The number of hydrogen-bond donors (Lipinski definition) is 2. The molecule has 2 aromatic rings. The lowest BCUT2D eigenvalue weighted by atomic mass is 9.95. The molecule has 7 nitrogen and oxygen atoms in total. The zero-order chi connectivity index (χ0) is 19.9. The van der Waals surface area contributed by atoms with E-state index in [1.807, 2.05) is 25.1 Å². The molecule has 1 aliphatic rings. The third-order valence-corrected chi connectivity index (χ3v) is 6.19. The van der Waals surface area contributed by atoms with Crippen molar-refractivity contribution in [3.63, 3.8) is 0 Å². The van der Waals surface area contributed by atoms with Crippen LogP contribution in [0, 0.1) is 5.92 Å². The summed E-state index contributed by atoms with van der Waals surface area (Å²) in [5, 5.41) is 15.2. The Morgan fingerprint density at radius 2 is 2.04 bits per heavy atom. The molecular formula is C19H26N4O3S2. The van der Waals surface area contributed by atoms with Crippen LogP contribution in [0.2, 0.25) is 0 Å². The van der Waals surface area contributed by atoms with Crippen LogP contribution in [-0.4, -0.2) is 41.6 Å². The summed E-state index contributed by atoms with van der Waals surface area (Å²) in [5.41, 5.74) is 1.02. The third kappa shape index (κ3) is 5.51. The zero-order valence-corrected chi connectivity index (χ0v) is 18.0. The number of hydrogen-bond acceptors (Lipinski definition) is 8. The highest BCUT2D eigenvalue weighted by Crippen LogP contribution is 2.34. The summed E-state index contributed by atoms with van der Waals surface area (Å²) in [4.78, 5) is 12.5. The Kier molecular flexibility index (Phi) is 7.38. The Hall–Kier alpha value is -2.00. The molecule has 0 unspecified atom stereocenters. The van der Waals surface area contributed by atoms with Crippen LogP contribution in [0.25, 0.3) is 0 Å². The predicted octanol–water partition coefficient (Wildman–Crippen LogP) is 3.74. The van der Waals surface area contributed by atoms with Gasteiger partial charge >= 0.3 is 0 Å². The van der Waals surface area contributed by atoms with Crippen molar-refractivity contribution in [3.05, 3.63) is 23.8 Å². The molecule has 0 saturated carbocycles. The molecule has 152 valence electrons. The van der Waals surface area contributed by atoms with Gasteiger partial charge in [-0.1, -0.05) is 43.0 Å². The Labute approximate surface area is 173 Å². The Morgan fingerprint density at radius 3 is 2.79 bits per heavy atom. The molecule has 1 atom stereocenters. The summed E-state index contributed by atoms with van der Waals surface area (Å²) in [6, 6.07) is 5.80. The van der Waals surface area contributed by atoms with Crippen molar-refractivity contribution < 1.29 is 14.3 Å². The van der Waals surface area contributed by atoms with Gasteiger partial charge in [0, 0.05) is 13.0 Å². The number of carbonyl (C=O) groups excluding carboxylic acids is 1. The molecule has 3 rings (SSSR count). The number of fused-ring (bicyclic) bond motifs is 1. The smallest absolute Gasteiger partial charge is 0.230 e. The number of rotatable bonds is 8. The molecule has 0 fully saturated rings. The van der Waals surface area contributed by atoms with Crippen molar-refractivity contribution in [2.24, 2.45) is 5.92 Å². The number of aromatic nitrogens is 2. The highest BCUT2D eigenvalue weighted by atomic mass is 32.2. The number of carbonyl (C=O) groups is 1. The second-order valence-electron chi connectivity index (χ2n) is 6.74. The zero-order valence-electron chi connectivity index (χ0n) is 16.4. The molecule has 1 amide bonds. The van der Waals surface area contributed by atoms with E-state index in [1.54, 1.807) is 0 Å². The normalized spacial score (nSPS) is 14.4. The monoisotopic (exact) mass is 422 g/mol. The van der Waals surface area contributed by atoms with Gasteiger partial charge in [-0.15, -0.1) is 10.2 Å². The average Bonchev–Trinajstić information content (AvgIpc) is 2.99. The van der Waals surface area contributed by atoms with Crippen LogP contribution in [0.5, 0.6) is 11.5 Å². The molecule has 0 saturated heterocycles. The standard InChI is InChI=1S/C19H26N4O3S2/c1-4-20-18-22-23-19(28-18)27-11-16(24)21-17(12(2)3)13-6-7-14-15(10-13)26-9-5-8-25-14/h6-7,10,12,17H,4-5,8-9,11H2,1-3H3,(H,20,22)(H,21,24)/t17-/m0/s1. The lowest BCUT2D eigenvalue weighted by Gasteiger charge is -2.23. The van der Waals surface area contributed by atoms with Gasteiger partial charge in [0.1, 0.15) is 0 Å². The number of anilines is 1. The largest absolute Gasteiger partial charge is 0.490 e. The number of nitrogens with one attached hydrogen (secondary N) is 2. The van der Waals surface area contributed by atoms with Gasteiger partial charge in [-0.2, -0.15) is 0 Å². The molecule has 1 aromatic heterocycles. The van der Waals surface area contributed by atoms with E-state index in [0.717, 1.165) is 39.5 Å². The van der Waals surface area contributed by atoms with Gasteiger partial charge in [0.05, 0.1) is 25.0 Å². The first-order valence-corrected chi connectivity index (χ1v) is 11.3. The number of amides is 1. The Bertz CT molecular complexity index is 797. The summed E-state index contributed by atoms with van der Waals surface area (Å²) >= 11 is 2.86. The predicted molar refractivity (Wildman–Crippen MR) is 113 cm³/mol. The summed E-state index contributed by atoms with van der Waals surface area (Å²) in [6.45, 7) is 8.29. The van der Waals surface area contributed by atoms with Crippen LogP contribution in [-0.2, 0) is 4.79 Å². The minimum Gasteiger partial charge on any atom is -0.490 e. The van der Waals surface area contributed by atoms with Crippen molar-refractivity contribution >= 4 is 34.1 Å². The minimum atomic E-state index is -0.100. The molecule has 0 aliphatic carbocycles. The van der Waals surface area contributed by atoms with E-state index in [9.17, 15) is 4.79 Å². The van der Waals surface area contributed by atoms with Crippen LogP contribution in [0.3, 0.4) is 0 Å². The van der Waals surface area contributed by atoms with Gasteiger partial charge < -0.3 is 20.1 Å². The maximum absolute atomic E-state index is 12.5. The summed E-state index contributed by atoms with van der Waals surface area (Å²) < 4.78 is 12.3. The summed E-state index contributed by atoms with van der Waals surface area (Å²) in [5.74, 6) is 2.01. The van der Waals surface area contributed by atoms with Gasteiger partial charge in [0.15, 0.2) is 15.8 Å². The maximum atomic E-state index is 12.5. The Morgan fingerprint density at radius 1 is 1.25 bits per heavy atom. The average molecular weight is 423 g/mol. The van der Waals surface area contributed by atoms with Gasteiger partial charge in [-0.05, 0) is 30.5 Å². The van der Waals surface area contributed by atoms with Gasteiger partial charge in [0.2, 0.25) is 11.0 Å². The first kappa shape index (κ1) is 20.7. The highest BCUT2D eigenvalue weighted by molar-refractivity contribution is 8.01. The van der Waals surface area contributed by atoms with E-state index in [4.69, 9.17) is 9.47 Å². The number of thioether (sulfide) groups is 1. The first-order valence-electron chi connectivity index (χ1n) is 9.46. The van der Waals surface area contributed by atoms with E-state index in [-0.39, 0.29) is 17.9 Å². The fourth-order valence-electron chi connectivity index (χ4n) is 2.84. The van der Waals surface area contributed by atoms with E-state index in [2.05, 4.69) is 34.7 Å². The molecule has 2 N–H and O–H groups in total. The molecule has 28 heavy (non-hydrogen) atoms. The van der Waals surface area contributed by atoms with Gasteiger partial charge in [-0.25, -0.2) is 0 Å². The lowest BCUT2D eigenvalue weighted by molar-refractivity contribution is -0.119. The number of benzene rings is 1. The van der Waals surface area contributed by atoms with E-state index in [1.165, 1.54) is 23.1 Å². The maximum Gasteiger partial charge on any atom is 0.230 e. The van der Waals surface area contributed by atoms with Crippen LogP contribution >= 0.6 is 23.1 Å². The second-order valence-corrected chi connectivity index (χ2v) is 8.94. The molecule has 9 heteroatoms. The van der Waals surface area contributed by atoms with Crippen molar-refractivity contribution in [2.75, 3.05) is 30.8 Å². The first-order chi connectivity index (χ1) is 13.6. The molecule has 0 radical (unpaired) electrons. The van der Waals surface area contributed by atoms with E-state index >= 15 is 0 Å². The van der Waals surface area contributed by atoms with Crippen LogP contribution in [0.1, 0.15) is 38.8 Å². The highest BCUT2D eigenvalue weighted by Gasteiger charge is 2.21. The lowest BCUT2D eigenvalue weighted by Crippen LogP contribution is -2.33. The van der Waals surface area contributed by atoms with E-state index in [0.29, 0.717) is 19.0 Å². The second kappa shape index (κ2) is 9.97. The summed E-state index contributed by atoms with van der Waals surface area (Å²) in [6.07, 6.45) is 0.868. The van der Waals surface area contributed by atoms with Crippen LogP contribution < -0.4 is 20.1 Å². The van der Waals surface area contributed by atoms with E-state index < -0.39 is 0 Å². The minimum absolute atomic E-state index is 0.0315. The molecule has 0 spiro atoms.